The molecule has 6 nitrogen and oxygen atoms in total. The molecule has 0 aliphatic rings. The lowest BCUT2D eigenvalue weighted by molar-refractivity contribution is -0.387. The number of aromatic nitrogens is 1. The van der Waals surface area contributed by atoms with E-state index < -0.39 is 22.7 Å². The van der Waals surface area contributed by atoms with Crippen LogP contribution in [-0.4, -0.2) is 9.91 Å². The van der Waals surface area contributed by atoms with E-state index in [1.807, 2.05) is 0 Å². The zero-order chi connectivity index (χ0) is 12.3. The van der Waals surface area contributed by atoms with Gasteiger partial charge in [-0.1, -0.05) is 0 Å². The monoisotopic (exact) mass is 228 g/mol. The van der Waals surface area contributed by atoms with Gasteiger partial charge in [0.25, 0.3) is 6.43 Å². The summed E-state index contributed by atoms with van der Waals surface area (Å²) in [6.45, 7) is -0.312. The molecule has 0 saturated heterocycles. The molecule has 0 amide bonds. The van der Waals surface area contributed by atoms with E-state index in [0.29, 0.717) is 0 Å². The molecule has 0 unspecified atom stereocenters. The van der Waals surface area contributed by atoms with Crippen molar-refractivity contribution >= 4 is 5.69 Å². The first kappa shape index (κ1) is 11.9. The van der Waals surface area contributed by atoms with Crippen LogP contribution in [0.25, 0.3) is 0 Å². The summed E-state index contributed by atoms with van der Waals surface area (Å²) < 4.78 is 25.0. The topological polar surface area (TPSA) is 106 Å². The normalized spacial score (nSPS) is 10.2. The lowest BCUT2D eigenvalue weighted by Crippen LogP contribution is -2.08. The van der Waals surface area contributed by atoms with Crippen LogP contribution in [0, 0.1) is 21.4 Å². The fourth-order valence-corrected chi connectivity index (χ4v) is 1.19. The van der Waals surface area contributed by atoms with Crippen molar-refractivity contribution in [3.8, 4) is 6.07 Å². The Labute approximate surface area is 88.5 Å². The van der Waals surface area contributed by atoms with E-state index in [1.165, 1.54) is 0 Å². The molecule has 0 radical (unpaired) electrons. The van der Waals surface area contributed by atoms with E-state index in [2.05, 4.69) is 4.98 Å². The number of halogens is 2. The van der Waals surface area contributed by atoms with E-state index in [1.54, 1.807) is 6.07 Å². The van der Waals surface area contributed by atoms with Crippen LogP contribution in [-0.2, 0) is 6.54 Å². The van der Waals surface area contributed by atoms with Crippen molar-refractivity contribution in [2.45, 2.75) is 13.0 Å². The molecule has 8 heteroatoms. The van der Waals surface area contributed by atoms with Gasteiger partial charge in [0.15, 0.2) is 5.69 Å². The molecule has 0 fully saturated rings. The summed E-state index contributed by atoms with van der Waals surface area (Å²) in [7, 11) is 0. The third kappa shape index (κ3) is 2.09. The Bertz CT molecular complexity index is 470. The number of nitriles is 1. The molecule has 0 spiro atoms. The first-order valence-corrected chi connectivity index (χ1v) is 4.07. The van der Waals surface area contributed by atoms with Gasteiger partial charge < -0.3 is 5.73 Å². The van der Waals surface area contributed by atoms with Crippen molar-refractivity contribution < 1.29 is 13.7 Å². The molecule has 1 aromatic rings. The van der Waals surface area contributed by atoms with Crippen molar-refractivity contribution in [2.75, 3.05) is 0 Å². The molecule has 0 bridgehead atoms. The van der Waals surface area contributed by atoms with Gasteiger partial charge in [0.05, 0.1) is 4.92 Å². The zero-order valence-electron chi connectivity index (χ0n) is 7.85. The van der Waals surface area contributed by atoms with Crippen LogP contribution in [0.5, 0.6) is 0 Å². The summed E-state index contributed by atoms with van der Waals surface area (Å²) in [5, 5.41) is 19.1. The zero-order valence-corrected chi connectivity index (χ0v) is 7.85. The van der Waals surface area contributed by atoms with Crippen LogP contribution in [0.1, 0.15) is 23.4 Å². The van der Waals surface area contributed by atoms with E-state index in [-0.39, 0.29) is 17.8 Å². The largest absolute Gasteiger partial charge is 0.326 e. The SMILES string of the molecule is N#Cc1cc(CN)c([N+](=O)[O-])c(C(F)F)n1. The highest BCUT2D eigenvalue weighted by Crippen LogP contribution is 2.30. The number of pyridine rings is 1. The standard InChI is InChI=1S/C8H6F2N4O2/c9-8(10)6-7(14(15)16)4(2-11)1-5(3-12)13-6/h1,8H,2,11H2. The Morgan fingerprint density at radius 2 is 2.31 bits per heavy atom. The predicted octanol–water partition coefficient (Wildman–Crippen LogP) is 1.26. The Morgan fingerprint density at radius 3 is 2.69 bits per heavy atom. The average molecular weight is 228 g/mol. The molecule has 0 atom stereocenters. The van der Waals surface area contributed by atoms with E-state index in [9.17, 15) is 18.9 Å². The van der Waals surface area contributed by atoms with Crippen LogP contribution in [0.3, 0.4) is 0 Å². The molecular formula is C8H6F2N4O2. The smallest absolute Gasteiger partial charge is 0.301 e. The fraction of sp³-hybridized carbons (Fsp3) is 0.250. The van der Waals surface area contributed by atoms with E-state index >= 15 is 0 Å². The summed E-state index contributed by atoms with van der Waals surface area (Å²) in [6, 6.07) is 2.57. The molecular weight excluding hydrogens is 222 g/mol. The number of nitrogens with two attached hydrogens (primary N) is 1. The van der Waals surface area contributed by atoms with E-state index in [0.717, 1.165) is 6.07 Å². The van der Waals surface area contributed by atoms with E-state index in [4.69, 9.17) is 11.0 Å². The minimum absolute atomic E-state index is 0.133. The molecule has 1 rings (SSSR count). The number of hydrogen-bond donors (Lipinski definition) is 1. The summed E-state index contributed by atoms with van der Waals surface area (Å²) in [6.07, 6.45) is -3.13. The highest BCUT2D eigenvalue weighted by molar-refractivity contribution is 5.48. The van der Waals surface area contributed by atoms with Crippen LogP contribution in [0.15, 0.2) is 6.07 Å². The third-order valence-electron chi connectivity index (χ3n) is 1.82. The van der Waals surface area contributed by atoms with Gasteiger partial charge in [-0.3, -0.25) is 10.1 Å². The molecule has 0 aliphatic heterocycles. The Morgan fingerprint density at radius 1 is 1.69 bits per heavy atom. The van der Waals surface area contributed by atoms with Crippen molar-refractivity contribution in [1.82, 2.24) is 4.98 Å². The minimum atomic E-state index is -3.13. The molecule has 0 aliphatic carbocycles. The molecule has 1 aromatic heterocycles. The average Bonchev–Trinajstić information content (AvgIpc) is 2.26. The molecule has 2 N–H and O–H groups in total. The first-order valence-electron chi connectivity index (χ1n) is 4.07. The maximum Gasteiger partial charge on any atom is 0.301 e. The lowest BCUT2D eigenvalue weighted by atomic mass is 10.1. The van der Waals surface area contributed by atoms with Crippen molar-refractivity contribution in [2.24, 2.45) is 5.73 Å². The number of alkyl halides is 2. The second kappa shape index (κ2) is 4.59. The van der Waals surface area contributed by atoms with Crippen LogP contribution < -0.4 is 5.73 Å². The second-order valence-electron chi connectivity index (χ2n) is 2.77. The summed E-state index contributed by atoms with van der Waals surface area (Å²) >= 11 is 0. The van der Waals surface area contributed by atoms with Gasteiger partial charge in [0, 0.05) is 12.1 Å². The highest BCUT2D eigenvalue weighted by Gasteiger charge is 2.28. The number of nitro groups is 1. The predicted molar refractivity (Wildman–Crippen MR) is 48.5 cm³/mol. The second-order valence-corrected chi connectivity index (χ2v) is 2.77. The van der Waals surface area contributed by atoms with Crippen LogP contribution >= 0.6 is 0 Å². The third-order valence-corrected chi connectivity index (χ3v) is 1.82. The summed E-state index contributed by atoms with van der Waals surface area (Å²) in [4.78, 5) is 12.8. The molecule has 0 aromatic carbocycles. The first-order chi connectivity index (χ1) is 7.51. The number of rotatable bonds is 3. The van der Waals surface area contributed by atoms with Gasteiger partial charge in [-0.25, -0.2) is 13.8 Å². The highest BCUT2D eigenvalue weighted by atomic mass is 19.3. The van der Waals surface area contributed by atoms with Gasteiger partial charge in [0.1, 0.15) is 11.8 Å². The maximum absolute atomic E-state index is 12.5. The summed E-state index contributed by atoms with van der Waals surface area (Å²) in [5.74, 6) is 0. The van der Waals surface area contributed by atoms with Crippen molar-refractivity contribution in [3.05, 3.63) is 33.1 Å². The Hall–Kier alpha value is -2.14. The summed E-state index contributed by atoms with van der Waals surface area (Å²) in [5.41, 5.74) is 2.90. The molecule has 84 valence electrons. The number of nitrogens with zero attached hydrogens (tertiary/aromatic N) is 3. The van der Waals surface area contributed by atoms with Gasteiger partial charge in [-0.2, -0.15) is 5.26 Å². The Kier molecular flexibility index (Phi) is 3.42. The maximum atomic E-state index is 12.5. The Balaban J connectivity index is 3.55. The molecule has 0 saturated carbocycles. The van der Waals surface area contributed by atoms with Gasteiger partial charge >= 0.3 is 5.69 Å². The molecule has 1 heterocycles. The van der Waals surface area contributed by atoms with Gasteiger partial charge in [-0.05, 0) is 6.07 Å². The minimum Gasteiger partial charge on any atom is -0.326 e. The molecule has 16 heavy (non-hydrogen) atoms. The van der Waals surface area contributed by atoms with Crippen LogP contribution in [0.4, 0.5) is 14.5 Å². The quantitative estimate of drug-likeness (QED) is 0.619. The van der Waals surface area contributed by atoms with Crippen LogP contribution in [0.2, 0.25) is 0 Å². The van der Waals surface area contributed by atoms with Gasteiger partial charge in [-0.15, -0.1) is 0 Å². The number of hydrogen-bond acceptors (Lipinski definition) is 5. The van der Waals surface area contributed by atoms with Crippen molar-refractivity contribution in [3.63, 3.8) is 0 Å². The fourth-order valence-electron chi connectivity index (χ4n) is 1.19. The van der Waals surface area contributed by atoms with Gasteiger partial charge in [0.2, 0.25) is 0 Å². The lowest BCUT2D eigenvalue weighted by Gasteiger charge is -2.05. The van der Waals surface area contributed by atoms with Crippen molar-refractivity contribution in [1.29, 1.82) is 5.26 Å².